The number of hydrogen-bond donors (Lipinski definition) is 2. The Labute approximate surface area is 264 Å². The number of hydrogen-bond acceptors (Lipinski definition) is 4. The lowest BCUT2D eigenvalue weighted by Crippen LogP contribution is -2.18. The lowest BCUT2D eigenvalue weighted by Gasteiger charge is -2.26. The largest absolute Gasteiger partial charge is 0.507 e. The molecule has 0 unspecified atom stereocenters. The molecule has 0 aliphatic heterocycles. The highest BCUT2D eigenvalue weighted by molar-refractivity contribution is 5.88. The predicted octanol–water partition coefficient (Wildman–Crippen LogP) is 10.3. The summed E-state index contributed by atoms with van der Waals surface area (Å²) in [6.45, 7) is 4.40. The molecule has 0 radical (unpaired) electrons. The number of phenols is 2. The molecule has 0 saturated carbocycles. The first-order chi connectivity index (χ1) is 21.9. The van der Waals surface area contributed by atoms with E-state index in [-0.39, 0.29) is 16.9 Å². The maximum Gasteiger partial charge on any atom is 0.124 e. The van der Waals surface area contributed by atoms with Crippen LogP contribution in [0.3, 0.4) is 0 Å². The van der Waals surface area contributed by atoms with Gasteiger partial charge in [0.2, 0.25) is 0 Å². The van der Waals surface area contributed by atoms with Crippen LogP contribution in [0.2, 0.25) is 0 Å². The Balaban J connectivity index is 1.15. The van der Waals surface area contributed by atoms with Crippen LogP contribution in [0.5, 0.6) is 11.5 Å². The van der Waals surface area contributed by atoms with Gasteiger partial charge < -0.3 is 10.2 Å². The first-order valence-electron chi connectivity index (χ1n) is 14.9. The van der Waals surface area contributed by atoms with E-state index in [0.717, 1.165) is 44.8 Å². The number of benzene rings is 6. The molecular formula is C41H34N2O2. The van der Waals surface area contributed by atoms with Crippen molar-refractivity contribution >= 4 is 23.8 Å². The van der Waals surface area contributed by atoms with E-state index in [1.165, 1.54) is 0 Å². The number of phenolic OH excluding ortho intramolecular Hbond substituents is 2. The smallest absolute Gasteiger partial charge is 0.124 e. The summed E-state index contributed by atoms with van der Waals surface area (Å²) in [4.78, 5) is 9.27. The van der Waals surface area contributed by atoms with Gasteiger partial charge in [-0.15, -0.1) is 0 Å². The van der Waals surface area contributed by atoms with Gasteiger partial charge in [0.05, 0.1) is 11.4 Å². The molecule has 0 heterocycles. The molecule has 220 valence electrons. The van der Waals surface area contributed by atoms with E-state index in [0.29, 0.717) is 11.1 Å². The van der Waals surface area contributed by atoms with Crippen LogP contribution >= 0.6 is 0 Å². The summed E-state index contributed by atoms with van der Waals surface area (Å²) in [5.41, 5.74) is 9.27. The molecular weight excluding hydrogens is 552 g/mol. The summed E-state index contributed by atoms with van der Waals surface area (Å²) in [6, 6.07) is 47.7. The highest BCUT2D eigenvalue weighted by Crippen LogP contribution is 2.34. The molecule has 0 aliphatic carbocycles. The van der Waals surface area contributed by atoms with Gasteiger partial charge in [0, 0.05) is 29.0 Å². The summed E-state index contributed by atoms with van der Waals surface area (Å²) >= 11 is 0. The van der Waals surface area contributed by atoms with Crippen molar-refractivity contribution in [2.75, 3.05) is 0 Å². The first-order valence-corrected chi connectivity index (χ1v) is 14.9. The first kappa shape index (κ1) is 29.3. The molecule has 2 N–H and O–H groups in total. The minimum absolute atomic E-state index is 0.196. The standard InChI is InChI=1S/C41H34N2O2/c1-41(2,35-15-19-37(20-16-35)42-27-33-25-31(13-23-39(33)44)29-9-5-3-6-10-29)36-17-21-38(22-18-36)43-28-34-26-32(14-24-40(34)45)30-11-7-4-8-12-30/h3-28,44-45H,1-2H3. The fraction of sp³-hybridized carbons (Fsp3) is 0.0732. The van der Waals surface area contributed by atoms with Crippen LogP contribution in [0, 0.1) is 0 Å². The van der Waals surface area contributed by atoms with Gasteiger partial charge in [-0.05, 0) is 81.9 Å². The van der Waals surface area contributed by atoms with E-state index >= 15 is 0 Å². The summed E-state index contributed by atoms with van der Waals surface area (Å²) in [6.07, 6.45) is 3.41. The third-order valence-corrected chi connectivity index (χ3v) is 8.15. The van der Waals surface area contributed by atoms with Crippen LogP contribution in [0.1, 0.15) is 36.1 Å². The monoisotopic (exact) mass is 586 g/mol. The lowest BCUT2D eigenvalue weighted by atomic mass is 9.78. The van der Waals surface area contributed by atoms with Crippen LogP contribution in [0.25, 0.3) is 22.3 Å². The van der Waals surface area contributed by atoms with E-state index in [9.17, 15) is 10.2 Å². The summed E-state index contributed by atoms with van der Waals surface area (Å²) in [5.74, 6) is 0.392. The Morgan fingerprint density at radius 1 is 0.444 bits per heavy atom. The molecule has 0 fully saturated rings. The van der Waals surface area contributed by atoms with Gasteiger partial charge in [0.25, 0.3) is 0 Å². The van der Waals surface area contributed by atoms with Gasteiger partial charge in [-0.3, -0.25) is 9.98 Å². The van der Waals surface area contributed by atoms with Crippen LogP contribution in [-0.4, -0.2) is 22.6 Å². The average Bonchev–Trinajstić information content (AvgIpc) is 3.09. The minimum Gasteiger partial charge on any atom is -0.507 e. The van der Waals surface area contributed by atoms with Gasteiger partial charge >= 0.3 is 0 Å². The molecule has 0 spiro atoms. The van der Waals surface area contributed by atoms with Crippen molar-refractivity contribution in [1.29, 1.82) is 0 Å². The van der Waals surface area contributed by atoms with Crippen molar-refractivity contribution < 1.29 is 10.2 Å². The molecule has 4 heteroatoms. The average molecular weight is 587 g/mol. The molecule has 45 heavy (non-hydrogen) atoms. The van der Waals surface area contributed by atoms with Gasteiger partial charge in [0.15, 0.2) is 0 Å². The maximum absolute atomic E-state index is 10.4. The van der Waals surface area contributed by atoms with Crippen LogP contribution in [-0.2, 0) is 5.41 Å². The Kier molecular flexibility index (Phi) is 8.39. The van der Waals surface area contributed by atoms with Crippen LogP contribution in [0.4, 0.5) is 11.4 Å². The molecule has 0 saturated heterocycles. The molecule has 0 aliphatic rings. The Morgan fingerprint density at radius 3 is 1.20 bits per heavy atom. The zero-order valence-corrected chi connectivity index (χ0v) is 25.3. The molecule has 4 nitrogen and oxygen atoms in total. The van der Waals surface area contributed by atoms with Gasteiger partial charge in [0.1, 0.15) is 11.5 Å². The fourth-order valence-electron chi connectivity index (χ4n) is 5.32. The molecule has 0 amide bonds. The van der Waals surface area contributed by atoms with Crippen molar-refractivity contribution in [3.8, 4) is 33.8 Å². The Morgan fingerprint density at radius 2 is 0.822 bits per heavy atom. The second-order valence-electron chi connectivity index (χ2n) is 11.5. The number of rotatable bonds is 8. The number of nitrogens with zero attached hydrogens (tertiary/aromatic N) is 2. The highest BCUT2D eigenvalue weighted by atomic mass is 16.3. The molecule has 0 aromatic heterocycles. The van der Waals surface area contributed by atoms with Gasteiger partial charge in [-0.2, -0.15) is 0 Å². The number of aromatic hydroxyl groups is 2. The van der Waals surface area contributed by atoms with Crippen molar-refractivity contribution in [1.82, 2.24) is 0 Å². The van der Waals surface area contributed by atoms with Crippen molar-refractivity contribution in [3.05, 3.63) is 168 Å². The van der Waals surface area contributed by atoms with Crippen LogP contribution in [0.15, 0.2) is 156 Å². The fourth-order valence-corrected chi connectivity index (χ4v) is 5.32. The zero-order valence-electron chi connectivity index (χ0n) is 25.3. The van der Waals surface area contributed by atoms with Crippen molar-refractivity contribution in [3.63, 3.8) is 0 Å². The van der Waals surface area contributed by atoms with E-state index in [2.05, 4.69) is 48.1 Å². The maximum atomic E-state index is 10.4. The van der Waals surface area contributed by atoms with Gasteiger partial charge in [-0.25, -0.2) is 0 Å². The van der Waals surface area contributed by atoms with Crippen molar-refractivity contribution in [2.45, 2.75) is 19.3 Å². The van der Waals surface area contributed by atoms with E-state index < -0.39 is 0 Å². The lowest BCUT2D eigenvalue weighted by molar-refractivity contribution is 0.474. The normalized spacial score (nSPS) is 11.8. The molecule has 6 rings (SSSR count). The molecule has 0 bridgehead atoms. The summed E-state index contributed by atoms with van der Waals surface area (Å²) < 4.78 is 0. The summed E-state index contributed by atoms with van der Waals surface area (Å²) in [5, 5.41) is 20.8. The van der Waals surface area contributed by atoms with E-state index in [4.69, 9.17) is 0 Å². The Bertz CT molecular complexity index is 1820. The van der Waals surface area contributed by atoms with E-state index in [1.54, 1.807) is 24.6 Å². The second kappa shape index (κ2) is 12.9. The van der Waals surface area contributed by atoms with Crippen molar-refractivity contribution in [2.24, 2.45) is 9.98 Å². The topological polar surface area (TPSA) is 65.2 Å². The Hall–Kier alpha value is -5.74. The predicted molar refractivity (Wildman–Crippen MR) is 187 cm³/mol. The van der Waals surface area contributed by atoms with E-state index in [1.807, 2.05) is 109 Å². The van der Waals surface area contributed by atoms with Crippen LogP contribution < -0.4 is 0 Å². The summed E-state index contributed by atoms with van der Waals surface area (Å²) in [7, 11) is 0. The second-order valence-corrected chi connectivity index (χ2v) is 11.5. The number of aliphatic imine (C=N–C) groups is 2. The molecule has 6 aromatic carbocycles. The highest BCUT2D eigenvalue weighted by Gasteiger charge is 2.23. The molecule has 0 atom stereocenters. The molecule has 6 aromatic rings. The minimum atomic E-state index is -0.241. The van der Waals surface area contributed by atoms with Gasteiger partial charge in [-0.1, -0.05) is 111 Å². The quantitative estimate of drug-likeness (QED) is 0.174. The third-order valence-electron chi connectivity index (χ3n) is 8.15. The third kappa shape index (κ3) is 6.76. The SMILES string of the molecule is CC(C)(c1ccc(N=Cc2cc(-c3ccccc3)ccc2O)cc1)c1ccc(N=Cc2cc(-c3ccccc3)ccc2O)cc1. The zero-order chi connectivity index (χ0) is 31.2.